The van der Waals surface area contributed by atoms with E-state index in [9.17, 15) is 0 Å². The van der Waals surface area contributed by atoms with Gasteiger partial charge in [-0.2, -0.15) is 0 Å². The second-order valence-corrected chi connectivity index (χ2v) is 4.41. The second-order valence-electron chi connectivity index (χ2n) is 4.01. The number of nitrogens with one attached hydrogen (secondary N) is 1. The molecular formula is C13H15ClN2O2. The summed E-state index contributed by atoms with van der Waals surface area (Å²) in [5.74, 6) is 1.50. The molecule has 0 saturated heterocycles. The highest BCUT2D eigenvalue weighted by Gasteiger charge is 2.08. The third-order valence-electron chi connectivity index (χ3n) is 2.80. The Morgan fingerprint density at radius 2 is 2.17 bits per heavy atom. The third-order valence-corrected chi connectivity index (χ3v) is 3.10. The van der Waals surface area contributed by atoms with Crippen LogP contribution in [0.1, 0.15) is 17.0 Å². The molecule has 1 heterocycles. The van der Waals surface area contributed by atoms with E-state index < -0.39 is 0 Å². The fraction of sp³-hybridized carbons (Fsp3) is 0.308. The standard InChI is InChI=1S/C13H15ClN2O2/c1-8-11(9(2)18-16-8)7-15-10-4-5-13(17-3)12(14)6-10/h4-6,15H,7H2,1-3H3. The SMILES string of the molecule is COc1ccc(NCc2c(C)noc2C)cc1Cl. The molecule has 0 aliphatic rings. The molecule has 18 heavy (non-hydrogen) atoms. The highest BCUT2D eigenvalue weighted by Crippen LogP contribution is 2.27. The van der Waals surface area contributed by atoms with Gasteiger partial charge in [-0.15, -0.1) is 0 Å². The van der Waals surface area contributed by atoms with Crippen LogP contribution < -0.4 is 10.1 Å². The van der Waals surface area contributed by atoms with Crippen molar-refractivity contribution >= 4 is 17.3 Å². The van der Waals surface area contributed by atoms with Crippen molar-refractivity contribution in [2.24, 2.45) is 0 Å². The van der Waals surface area contributed by atoms with Crippen LogP contribution in [0.25, 0.3) is 0 Å². The van der Waals surface area contributed by atoms with Crippen LogP contribution in [0.15, 0.2) is 22.7 Å². The Balaban J connectivity index is 2.09. The first-order valence-corrected chi connectivity index (χ1v) is 5.98. The van der Waals surface area contributed by atoms with Crippen molar-refractivity contribution in [2.75, 3.05) is 12.4 Å². The molecule has 0 aliphatic heterocycles. The quantitative estimate of drug-likeness (QED) is 0.919. The number of halogens is 1. The van der Waals surface area contributed by atoms with Crippen molar-refractivity contribution in [2.45, 2.75) is 20.4 Å². The molecule has 0 bridgehead atoms. The molecule has 1 aromatic carbocycles. The van der Waals surface area contributed by atoms with E-state index in [0.717, 1.165) is 22.7 Å². The van der Waals surface area contributed by atoms with Crippen LogP contribution in [0.2, 0.25) is 5.02 Å². The molecule has 1 N–H and O–H groups in total. The van der Waals surface area contributed by atoms with Gasteiger partial charge in [-0.05, 0) is 32.0 Å². The van der Waals surface area contributed by atoms with E-state index in [1.807, 2.05) is 32.0 Å². The Labute approximate surface area is 111 Å². The first kappa shape index (κ1) is 12.8. The summed E-state index contributed by atoms with van der Waals surface area (Å²) in [5, 5.41) is 7.78. The van der Waals surface area contributed by atoms with Crippen molar-refractivity contribution in [1.82, 2.24) is 5.16 Å². The zero-order chi connectivity index (χ0) is 13.1. The average molecular weight is 267 g/mol. The number of methoxy groups -OCH3 is 1. The Morgan fingerprint density at radius 1 is 1.39 bits per heavy atom. The first-order valence-electron chi connectivity index (χ1n) is 5.61. The van der Waals surface area contributed by atoms with E-state index in [1.54, 1.807) is 7.11 Å². The van der Waals surface area contributed by atoms with Crippen molar-refractivity contribution in [1.29, 1.82) is 0 Å². The van der Waals surface area contributed by atoms with Gasteiger partial charge in [0.15, 0.2) is 0 Å². The maximum absolute atomic E-state index is 6.06. The van der Waals surface area contributed by atoms with E-state index >= 15 is 0 Å². The Hall–Kier alpha value is -1.68. The maximum atomic E-state index is 6.06. The number of hydrogen-bond donors (Lipinski definition) is 1. The highest BCUT2D eigenvalue weighted by atomic mass is 35.5. The molecular weight excluding hydrogens is 252 g/mol. The van der Waals surface area contributed by atoms with E-state index in [2.05, 4.69) is 10.5 Å². The Morgan fingerprint density at radius 3 is 2.72 bits per heavy atom. The minimum Gasteiger partial charge on any atom is -0.495 e. The van der Waals surface area contributed by atoms with Crippen LogP contribution in [0.4, 0.5) is 5.69 Å². The van der Waals surface area contributed by atoms with Crippen molar-refractivity contribution < 1.29 is 9.26 Å². The third kappa shape index (κ3) is 2.59. The van der Waals surface area contributed by atoms with Gasteiger partial charge in [0.05, 0.1) is 17.8 Å². The van der Waals surface area contributed by atoms with Crippen molar-refractivity contribution in [3.05, 3.63) is 40.2 Å². The van der Waals surface area contributed by atoms with E-state index in [4.69, 9.17) is 20.9 Å². The van der Waals surface area contributed by atoms with Gasteiger partial charge >= 0.3 is 0 Å². The lowest BCUT2D eigenvalue weighted by atomic mass is 10.2. The van der Waals surface area contributed by atoms with Crippen LogP contribution in [-0.4, -0.2) is 12.3 Å². The zero-order valence-electron chi connectivity index (χ0n) is 10.6. The molecule has 5 heteroatoms. The second kappa shape index (κ2) is 5.31. The number of benzene rings is 1. The van der Waals surface area contributed by atoms with Gasteiger partial charge in [0, 0.05) is 17.8 Å². The Bertz CT molecular complexity index is 532. The highest BCUT2D eigenvalue weighted by molar-refractivity contribution is 6.32. The van der Waals surface area contributed by atoms with Crippen LogP contribution in [0, 0.1) is 13.8 Å². The van der Waals surface area contributed by atoms with Gasteiger partial charge in [0.25, 0.3) is 0 Å². The van der Waals surface area contributed by atoms with Crippen LogP contribution in [0.5, 0.6) is 5.75 Å². The normalized spacial score (nSPS) is 10.4. The molecule has 2 aromatic rings. The summed E-state index contributed by atoms with van der Waals surface area (Å²) in [6.07, 6.45) is 0. The lowest BCUT2D eigenvalue weighted by Crippen LogP contribution is -2.01. The van der Waals surface area contributed by atoms with Gasteiger partial charge in [0.2, 0.25) is 0 Å². The summed E-state index contributed by atoms with van der Waals surface area (Å²) in [6.45, 7) is 4.48. The summed E-state index contributed by atoms with van der Waals surface area (Å²) in [7, 11) is 1.60. The summed E-state index contributed by atoms with van der Waals surface area (Å²) in [5.41, 5.74) is 2.90. The van der Waals surface area contributed by atoms with Crippen LogP contribution in [-0.2, 0) is 6.54 Å². The first-order chi connectivity index (χ1) is 8.61. The molecule has 0 radical (unpaired) electrons. The van der Waals surface area contributed by atoms with E-state index in [-0.39, 0.29) is 0 Å². The predicted octanol–water partition coefficient (Wildman–Crippen LogP) is 3.57. The number of aryl methyl sites for hydroxylation is 2. The fourth-order valence-electron chi connectivity index (χ4n) is 1.72. The molecule has 96 valence electrons. The summed E-state index contributed by atoms with van der Waals surface area (Å²) in [4.78, 5) is 0. The number of anilines is 1. The number of ether oxygens (including phenoxy) is 1. The van der Waals surface area contributed by atoms with Gasteiger partial charge in [0.1, 0.15) is 11.5 Å². The van der Waals surface area contributed by atoms with Gasteiger partial charge in [-0.25, -0.2) is 0 Å². The number of aromatic nitrogens is 1. The largest absolute Gasteiger partial charge is 0.495 e. The summed E-state index contributed by atoms with van der Waals surface area (Å²) >= 11 is 6.06. The smallest absolute Gasteiger partial charge is 0.138 e. The molecule has 0 amide bonds. The molecule has 0 unspecified atom stereocenters. The lowest BCUT2D eigenvalue weighted by molar-refractivity contribution is 0.392. The number of rotatable bonds is 4. The molecule has 4 nitrogen and oxygen atoms in total. The van der Waals surface area contributed by atoms with E-state index in [0.29, 0.717) is 17.3 Å². The van der Waals surface area contributed by atoms with E-state index in [1.165, 1.54) is 0 Å². The lowest BCUT2D eigenvalue weighted by Gasteiger charge is -2.08. The minimum absolute atomic E-state index is 0.585. The van der Waals surface area contributed by atoms with Gasteiger partial charge in [-0.3, -0.25) is 0 Å². The minimum atomic E-state index is 0.585. The molecule has 0 atom stereocenters. The average Bonchev–Trinajstić information content (AvgIpc) is 2.67. The van der Waals surface area contributed by atoms with Crippen LogP contribution >= 0.6 is 11.6 Å². The molecule has 0 aliphatic carbocycles. The summed E-state index contributed by atoms with van der Waals surface area (Å²) in [6, 6.07) is 5.58. The Kier molecular flexibility index (Phi) is 3.77. The maximum Gasteiger partial charge on any atom is 0.138 e. The van der Waals surface area contributed by atoms with Gasteiger partial charge in [-0.1, -0.05) is 16.8 Å². The monoisotopic (exact) mass is 266 g/mol. The number of hydrogen-bond acceptors (Lipinski definition) is 4. The predicted molar refractivity (Wildman–Crippen MR) is 71.3 cm³/mol. The topological polar surface area (TPSA) is 47.3 Å². The van der Waals surface area contributed by atoms with Crippen molar-refractivity contribution in [3.8, 4) is 5.75 Å². The van der Waals surface area contributed by atoms with Gasteiger partial charge < -0.3 is 14.6 Å². The van der Waals surface area contributed by atoms with Crippen LogP contribution in [0.3, 0.4) is 0 Å². The molecule has 1 aromatic heterocycles. The molecule has 0 spiro atoms. The molecule has 2 rings (SSSR count). The van der Waals surface area contributed by atoms with Crippen molar-refractivity contribution in [3.63, 3.8) is 0 Å². The fourth-order valence-corrected chi connectivity index (χ4v) is 1.98. The summed E-state index contributed by atoms with van der Waals surface area (Å²) < 4.78 is 10.2. The molecule has 0 fully saturated rings. The molecule has 0 saturated carbocycles. The number of nitrogens with zero attached hydrogens (tertiary/aromatic N) is 1. The zero-order valence-corrected chi connectivity index (χ0v) is 11.3.